The molecular formula is C28H32N6O2. The molecule has 1 aliphatic heterocycles. The maximum Gasteiger partial charge on any atom is 0.269 e. The van der Waals surface area contributed by atoms with E-state index in [1.165, 1.54) is 0 Å². The Bertz CT molecular complexity index is 1350. The van der Waals surface area contributed by atoms with Gasteiger partial charge in [-0.1, -0.05) is 12.1 Å². The Balaban J connectivity index is 1.56. The van der Waals surface area contributed by atoms with Crippen molar-refractivity contribution in [2.75, 3.05) is 18.5 Å². The molecule has 0 spiro atoms. The zero-order valence-corrected chi connectivity index (χ0v) is 21.0. The lowest BCUT2D eigenvalue weighted by Gasteiger charge is -2.30. The van der Waals surface area contributed by atoms with Gasteiger partial charge >= 0.3 is 0 Å². The number of nitrogens with zero attached hydrogens (tertiary/aromatic N) is 3. The van der Waals surface area contributed by atoms with Gasteiger partial charge in [-0.2, -0.15) is 0 Å². The second-order valence-electron chi connectivity index (χ2n) is 9.88. The Labute approximate surface area is 211 Å². The molecule has 186 valence electrons. The number of carbonyl (C=O) groups is 2. The number of carbonyl (C=O) groups excluding carboxylic acids is 2. The molecule has 3 heterocycles. The maximum absolute atomic E-state index is 13.8. The number of aryl methyl sites for hydroxylation is 2. The summed E-state index contributed by atoms with van der Waals surface area (Å²) in [6.07, 6.45) is 7.56. The van der Waals surface area contributed by atoms with Crippen LogP contribution in [0.25, 0.3) is 23.0 Å². The first-order valence-electron chi connectivity index (χ1n) is 12.5. The molecule has 1 fully saturated rings. The van der Waals surface area contributed by atoms with Crippen LogP contribution in [0, 0.1) is 19.8 Å². The zero-order valence-electron chi connectivity index (χ0n) is 21.0. The summed E-state index contributed by atoms with van der Waals surface area (Å²) in [6, 6.07) is 9.77. The smallest absolute Gasteiger partial charge is 0.269 e. The number of amides is 2. The van der Waals surface area contributed by atoms with Gasteiger partial charge < -0.3 is 20.9 Å². The Hall–Kier alpha value is -3.78. The van der Waals surface area contributed by atoms with E-state index in [0.717, 1.165) is 59.4 Å². The molecule has 1 aliphatic carbocycles. The molecule has 2 amide bonds. The van der Waals surface area contributed by atoms with Gasteiger partial charge in [0.25, 0.3) is 11.8 Å². The zero-order chi connectivity index (χ0) is 25.4. The summed E-state index contributed by atoms with van der Waals surface area (Å²) in [6.45, 7) is 4.71. The first-order chi connectivity index (χ1) is 17.3. The third-order valence-electron chi connectivity index (χ3n) is 7.24. The van der Waals surface area contributed by atoms with Crippen molar-refractivity contribution in [2.24, 2.45) is 11.7 Å². The van der Waals surface area contributed by atoms with E-state index in [1.807, 2.05) is 43.0 Å². The minimum atomic E-state index is -0.269. The summed E-state index contributed by atoms with van der Waals surface area (Å²) >= 11 is 0. The first kappa shape index (κ1) is 23.9. The van der Waals surface area contributed by atoms with Crippen LogP contribution < -0.4 is 16.0 Å². The van der Waals surface area contributed by atoms with Crippen molar-refractivity contribution in [3.05, 3.63) is 64.7 Å². The molecule has 2 aromatic heterocycles. The highest BCUT2D eigenvalue weighted by Crippen LogP contribution is 2.41. The van der Waals surface area contributed by atoms with Crippen molar-refractivity contribution in [1.82, 2.24) is 20.3 Å². The van der Waals surface area contributed by atoms with E-state index in [-0.39, 0.29) is 17.9 Å². The molecule has 8 nitrogen and oxygen atoms in total. The van der Waals surface area contributed by atoms with Crippen molar-refractivity contribution in [1.29, 1.82) is 0 Å². The average molecular weight is 485 g/mol. The fraction of sp³-hybridized carbons (Fsp3) is 0.357. The minimum Gasteiger partial charge on any atom is -0.359 e. The van der Waals surface area contributed by atoms with Gasteiger partial charge in [-0.05, 0) is 75.3 Å². The number of nitrogens with two attached hydrogens (primary N) is 1. The molecule has 4 N–H and O–H groups in total. The van der Waals surface area contributed by atoms with E-state index in [9.17, 15) is 9.59 Å². The summed E-state index contributed by atoms with van der Waals surface area (Å²) in [4.78, 5) is 40.0. The van der Waals surface area contributed by atoms with Crippen LogP contribution in [0.4, 0.5) is 5.69 Å². The lowest BCUT2D eigenvalue weighted by molar-refractivity contribution is -0.113. The molecule has 0 unspecified atom stereocenters. The lowest BCUT2D eigenvalue weighted by Crippen LogP contribution is -2.36. The summed E-state index contributed by atoms with van der Waals surface area (Å²) in [5.41, 5.74) is 12.7. The van der Waals surface area contributed by atoms with Gasteiger partial charge in [0.1, 0.15) is 5.69 Å². The fourth-order valence-electron chi connectivity index (χ4n) is 5.24. The van der Waals surface area contributed by atoms with Gasteiger partial charge in [-0.3, -0.25) is 9.59 Å². The number of rotatable bonds is 5. The van der Waals surface area contributed by atoms with Crippen LogP contribution in [0.5, 0.6) is 0 Å². The predicted octanol–water partition coefficient (Wildman–Crippen LogP) is 3.85. The quantitative estimate of drug-likeness (QED) is 0.476. The van der Waals surface area contributed by atoms with E-state index in [0.29, 0.717) is 29.6 Å². The number of H-pyrrole nitrogens is 1. The van der Waals surface area contributed by atoms with Crippen LogP contribution in [0.3, 0.4) is 0 Å². The van der Waals surface area contributed by atoms with Crippen LogP contribution in [0.15, 0.2) is 36.5 Å². The normalized spacial score (nSPS) is 20.6. The second-order valence-corrected chi connectivity index (χ2v) is 9.88. The lowest BCUT2D eigenvalue weighted by atomic mass is 9.86. The summed E-state index contributed by atoms with van der Waals surface area (Å²) in [5, 5.41) is 2.60. The van der Waals surface area contributed by atoms with Crippen LogP contribution in [-0.2, 0) is 4.79 Å². The fourth-order valence-corrected chi connectivity index (χ4v) is 5.24. The number of fused-ring (bicyclic) bond motifs is 1. The van der Waals surface area contributed by atoms with Crippen LogP contribution in [0.1, 0.15) is 58.7 Å². The van der Waals surface area contributed by atoms with Gasteiger partial charge in [0.2, 0.25) is 0 Å². The van der Waals surface area contributed by atoms with Crippen LogP contribution in [0.2, 0.25) is 0 Å². The Morgan fingerprint density at radius 3 is 2.67 bits per heavy atom. The van der Waals surface area contributed by atoms with Crippen molar-refractivity contribution in [3.8, 4) is 11.4 Å². The van der Waals surface area contributed by atoms with E-state index in [1.54, 1.807) is 19.3 Å². The van der Waals surface area contributed by atoms with Gasteiger partial charge in [0.05, 0.1) is 11.3 Å². The summed E-state index contributed by atoms with van der Waals surface area (Å²) in [5.74, 6) is 0.591. The molecule has 3 aromatic rings. The van der Waals surface area contributed by atoms with Gasteiger partial charge in [0.15, 0.2) is 5.82 Å². The molecule has 0 saturated heterocycles. The Kier molecular flexibility index (Phi) is 6.45. The molecule has 0 bridgehead atoms. The van der Waals surface area contributed by atoms with Crippen LogP contribution in [-0.4, -0.2) is 46.4 Å². The Morgan fingerprint density at radius 2 is 1.97 bits per heavy atom. The molecule has 1 aromatic carbocycles. The molecule has 8 heteroatoms. The number of aromatic amines is 1. The number of anilines is 1. The van der Waals surface area contributed by atoms with Crippen molar-refractivity contribution in [2.45, 2.75) is 45.6 Å². The third-order valence-corrected chi connectivity index (χ3v) is 7.24. The van der Waals surface area contributed by atoms with E-state index >= 15 is 0 Å². The minimum absolute atomic E-state index is 0.00343. The molecule has 0 atom stereocenters. The van der Waals surface area contributed by atoms with E-state index < -0.39 is 0 Å². The highest BCUT2D eigenvalue weighted by atomic mass is 16.2. The second kappa shape index (κ2) is 9.70. The van der Waals surface area contributed by atoms with Gasteiger partial charge in [-0.25, -0.2) is 9.97 Å². The topological polar surface area (TPSA) is 117 Å². The average Bonchev–Trinajstić information content (AvgIpc) is 3.34. The summed E-state index contributed by atoms with van der Waals surface area (Å²) in [7, 11) is 1.57. The molecule has 0 radical (unpaired) electrons. The standard InChI is InChI=1S/C28H32N6O2/c1-16-12-17(2)32-24(16)14-22-21-9-6-19(26-31-11-10-23(33-26)27(35)30-3)13-25(21)34(28(22)36)15-18-4-7-20(29)8-5-18/h6,9-14,18,20,32H,4-5,7-8,15,29H2,1-3H3,(H,30,35)/b22-14-. The highest BCUT2D eigenvalue weighted by molar-refractivity contribution is 6.36. The first-order valence-corrected chi connectivity index (χ1v) is 12.5. The monoisotopic (exact) mass is 484 g/mol. The highest BCUT2D eigenvalue weighted by Gasteiger charge is 2.35. The van der Waals surface area contributed by atoms with Crippen molar-refractivity contribution < 1.29 is 9.59 Å². The third kappa shape index (κ3) is 4.56. The molecule has 36 heavy (non-hydrogen) atoms. The van der Waals surface area contributed by atoms with Crippen molar-refractivity contribution in [3.63, 3.8) is 0 Å². The Morgan fingerprint density at radius 1 is 1.19 bits per heavy atom. The maximum atomic E-state index is 13.8. The molecule has 2 aliphatic rings. The van der Waals surface area contributed by atoms with E-state index in [4.69, 9.17) is 5.73 Å². The SMILES string of the molecule is CNC(=O)c1ccnc(-c2ccc3c(c2)N(CC2CCC(N)CC2)C(=O)/C3=C\c2[nH]c(C)cc2C)n1. The predicted molar refractivity (Wildman–Crippen MR) is 141 cm³/mol. The molecular weight excluding hydrogens is 452 g/mol. The number of hydrogen-bond acceptors (Lipinski definition) is 5. The number of benzene rings is 1. The molecule has 5 rings (SSSR count). The van der Waals surface area contributed by atoms with Gasteiger partial charge in [-0.15, -0.1) is 0 Å². The van der Waals surface area contributed by atoms with E-state index in [2.05, 4.69) is 26.3 Å². The van der Waals surface area contributed by atoms with Crippen molar-refractivity contribution >= 4 is 29.2 Å². The summed E-state index contributed by atoms with van der Waals surface area (Å²) < 4.78 is 0. The largest absolute Gasteiger partial charge is 0.359 e. The van der Waals surface area contributed by atoms with Crippen LogP contribution >= 0.6 is 0 Å². The number of aromatic nitrogens is 3. The number of nitrogens with one attached hydrogen (secondary N) is 2. The molecule has 1 saturated carbocycles. The van der Waals surface area contributed by atoms with Gasteiger partial charge in [0, 0.05) is 48.3 Å². The number of hydrogen-bond donors (Lipinski definition) is 3.